The van der Waals surface area contributed by atoms with Crippen molar-refractivity contribution in [2.75, 3.05) is 25.2 Å². The van der Waals surface area contributed by atoms with Gasteiger partial charge in [0.1, 0.15) is 5.75 Å². The van der Waals surface area contributed by atoms with Gasteiger partial charge in [-0.3, -0.25) is 4.79 Å². The first-order chi connectivity index (χ1) is 9.43. The van der Waals surface area contributed by atoms with Crippen molar-refractivity contribution in [3.8, 4) is 17.6 Å². The van der Waals surface area contributed by atoms with Crippen molar-refractivity contribution in [3.05, 3.63) is 23.8 Å². The molecule has 106 valence electrons. The smallest absolute Gasteiger partial charge is 0.230 e. The van der Waals surface area contributed by atoms with E-state index in [1.165, 1.54) is 0 Å². The number of amides is 1. The zero-order valence-corrected chi connectivity index (χ0v) is 12.1. The highest BCUT2D eigenvalue weighted by Crippen LogP contribution is 2.31. The van der Waals surface area contributed by atoms with Crippen LogP contribution in [0.3, 0.4) is 0 Å². The van der Waals surface area contributed by atoms with Crippen molar-refractivity contribution >= 4 is 11.6 Å². The summed E-state index contributed by atoms with van der Waals surface area (Å²) in [5.41, 5.74) is 1.10. The largest absolute Gasteiger partial charge is 0.491 e. The molecular formula is C16H19NO3. The van der Waals surface area contributed by atoms with E-state index in [0.717, 1.165) is 11.3 Å². The number of ether oxygens (including phenoxy) is 1. The van der Waals surface area contributed by atoms with Gasteiger partial charge in [0.25, 0.3) is 0 Å². The summed E-state index contributed by atoms with van der Waals surface area (Å²) >= 11 is 0. The third kappa shape index (κ3) is 3.12. The lowest BCUT2D eigenvalue weighted by atomic mass is 9.95. The summed E-state index contributed by atoms with van der Waals surface area (Å²) in [7, 11) is 1.74. The van der Waals surface area contributed by atoms with Gasteiger partial charge in [0.15, 0.2) is 0 Å². The molecule has 0 atom stereocenters. The van der Waals surface area contributed by atoms with E-state index in [1.54, 1.807) is 11.9 Å². The fraction of sp³-hybridized carbons (Fsp3) is 0.438. The quantitative estimate of drug-likeness (QED) is 0.794. The number of aliphatic hydroxyl groups is 1. The van der Waals surface area contributed by atoms with Gasteiger partial charge in [-0.25, -0.2) is 0 Å². The average molecular weight is 273 g/mol. The van der Waals surface area contributed by atoms with Crippen molar-refractivity contribution in [2.24, 2.45) is 5.41 Å². The lowest BCUT2D eigenvalue weighted by Crippen LogP contribution is -2.25. The highest BCUT2D eigenvalue weighted by molar-refractivity contribution is 5.95. The topological polar surface area (TPSA) is 49.8 Å². The molecule has 0 fully saturated rings. The van der Waals surface area contributed by atoms with Crippen LogP contribution in [0, 0.1) is 17.3 Å². The third-order valence-corrected chi connectivity index (χ3v) is 3.21. The molecule has 20 heavy (non-hydrogen) atoms. The molecule has 0 bridgehead atoms. The van der Waals surface area contributed by atoms with Crippen molar-refractivity contribution in [1.82, 2.24) is 0 Å². The maximum absolute atomic E-state index is 11.8. The zero-order valence-electron chi connectivity index (χ0n) is 12.1. The Morgan fingerprint density at radius 2 is 2.20 bits per heavy atom. The Kier molecular flexibility index (Phi) is 4.01. The number of aliphatic hydroxyl groups excluding tert-OH is 1. The zero-order chi connectivity index (χ0) is 14.8. The van der Waals surface area contributed by atoms with E-state index in [1.807, 2.05) is 32.0 Å². The lowest BCUT2D eigenvalue weighted by molar-refractivity contribution is -0.118. The minimum atomic E-state index is -0.439. The summed E-state index contributed by atoms with van der Waals surface area (Å²) in [5.74, 6) is 6.80. The van der Waals surface area contributed by atoms with Crippen molar-refractivity contribution in [1.29, 1.82) is 0 Å². The van der Waals surface area contributed by atoms with Crippen molar-refractivity contribution in [2.45, 2.75) is 20.3 Å². The van der Waals surface area contributed by atoms with Crippen LogP contribution in [0.2, 0.25) is 0 Å². The maximum atomic E-state index is 11.8. The number of carbonyl (C=O) groups excluding carboxylic acids is 1. The molecule has 0 aromatic heterocycles. The van der Waals surface area contributed by atoms with E-state index in [2.05, 4.69) is 11.8 Å². The fourth-order valence-corrected chi connectivity index (χ4v) is 1.81. The van der Waals surface area contributed by atoms with Crippen LogP contribution in [-0.4, -0.2) is 31.3 Å². The van der Waals surface area contributed by atoms with Gasteiger partial charge in [0, 0.05) is 18.0 Å². The second kappa shape index (κ2) is 5.56. The van der Waals surface area contributed by atoms with E-state index < -0.39 is 5.41 Å². The van der Waals surface area contributed by atoms with Gasteiger partial charge in [0.2, 0.25) is 5.91 Å². The van der Waals surface area contributed by atoms with Crippen molar-refractivity contribution in [3.63, 3.8) is 0 Å². The summed E-state index contributed by atoms with van der Waals surface area (Å²) in [6.07, 6.45) is 0.379. The van der Waals surface area contributed by atoms with Crippen LogP contribution in [-0.2, 0) is 4.79 Å². The fourth-order valence-electron chi connectivity index (χ4n) is 1.81. The molecule has 0 aliphatic carbocycles. The highest BCUT2D eigenvalue weighted by atomic mass is 16.5. The Morgan fingerprint density at radius 3 is 2.90 bits per heavy atom. The minimum absolute atomic E-state index is 0.00639. The van der Waals surface area contributed by atoms with E-state index >= 15 is 0 Å². The highest BCUT2D eigenvalue weighted by Gasteiger charge is 2.20. The predicted molar refractivity (Wildman–Crippen MR) is 77.7 cm³/mol. The van der Waals surface area contributed by atoms with Crippen LogP contribution in [0.25, 0.3) is 0 Å². The number of carbonyl (C=O) groups is 1. The molecular weight excluding hydrogens is 254 g/mol. The third-order valence-electron chi connectivity index (χ3n) is 3.21. The molecule has 0 saturated heterocycles. The number of fused-ring (bicyclic) bond motifs is 1. The van der Waals surface area contributed by atoms with Gasteiger partial charge in [-0.1, -0.05) is 11.8 Å². The Morgan fingerprint density at radius 1 is 1.45 bits per heavy atom. The van der Waals surface area contributed by atoms with Gasteiger partial charge in [0.05, 0.1) is 25.3 Å². The predicted octanol–water partition coefficient (Wildman–Crippen LogP) is 1.80. The van der Waals surface area contributed by atoms with E-state index in [9.17, 15) is 9.90 Å². The van der Waals surface area contributed by atoms with Crippen molar-refractivity contribution < 1.29 is 14.6 Å². The number of hydrogen-bond acceptors (Lipinski definition) is 3. The molecule has 1 aliphatic heterocycles. The molecule has 1 N–H and O–H groups in total. The SMILES string of the molecule is CN1C(=O)CCOc2ccc(C#CC(C)(C)CO)cc21. The molecule has 2 rings (SSSR count). The average Bonchev–Trinajstić information content (AvgIpc) is 2.57. The molecule has 1 aromatic carbocycles. The molecule has 1 heterocycles. The Hall–Kier alpha value is -1.99. The summed E-state index contributed by atoms with van der Waals surface area (Å²) in [6.45, 7) is 4.16. The molecule has 0 saturated carbocycles. The Bertz CT molecular complexity index is 581. The first-order valence-corrected chi connectivity index (χ1v) is 6.60. The minimum Gasteiger partial charge on any atom is -0.491 e. The van der Waals surface area contributed by atoms with E-state index in [4.69, 9.17) is 4.74 Å². The standard InChI is InChI=1S/C16H19NO3/c1-16(2,11-18)8-6-12-4-5-14-13(10-12)17(3)15(19)7-9-20-14/h4-5,10,18H,7,9,11H2,1-3H3. The van der Waals surface area contributed by atoms with Crippen LogP contribution < -0.4 is 9.64 Å². The second-order valence-corrected chi connectivity index (χ2v) is 5.53. The molecule has 4 nitrogen and oxygen atoms in total. The molecule has 1 aromatic rings. The number of benzene rings is 1. The number of hydrogen-bond donors (Lipinski definition) is 1. The number of rotatable bonds is 1. The van der Waals surface area contributed by atoms with Crippen LogP contribution in [0.1, 0.15) is 25.8 Å². The van der Waals surface area contributed by atoms with E-state index in [0.29, 0.717) is 18.8 Å². The lowest BCUT2D eigenvalue weighted by Gasteiger charge is -2.16. The monoisotopic (exact) mass is 273 g/mol. The summed E-state index contributed by atoms with van der Waals surface area (Å²) in [6, 6.07) is 5.54. The number of nitrogens with zero attached hydrogens (tertiary/aromatic N) is 1. The Labute approximate surface area is 119 Å². The van der Waals surface area contributed by atoms with Gasteiger partial charge in [-0.05, 0) is 32.0 Å². The normalized spacial score (nSPS) is 14.8. The van der Waals surface area contributed by atoms with Gasteiger partial charge >= 0.3 is 0 Å². The first kappa shape index (κ1) is 14.4. The molecule has 0 unspecified atom stereocenters. The van der Waals surface area contributed by atoms with E-state index in [-0.39, 0.29) is 12.5 Å². The van der Waals surface area contributed by atoms with Gasteiger partial charge in [-0.2, -0.15) is 0 Å². The maximum Gasteiger partial charge on any atom is 0.230 e. The number of anilines is 1. The summed E-state index contributed by atoms with van der Waals surface area (Å²) in [4.78, 5) is 13.4. The molecule has 0 radical (unpaired) electrons. The summed E-state index contributed by atoms with van der Waals surface area (Å²) < 4.78 is 5.56. The van der Waals surface area contributed by atoms with Crippen LogP contribution in [0.15, 0.2) is 18.2 Å². The second-order valence-electron chi connectivity index (χ2n) is 5.53. The van der Waals surface area contributed by atoms with Gasteiger partial charge in [-0.15, -0.1) is 0 Å². The molecule has 1 aliphatic rings. The molecule has 1 amide bonds. The van der Waals surface area contributed by atoms with Crippen LogP contribution in [0.5, 0.6) is 5.75 Å². The Balaban J connectivity index is 2.36. The summed E-state index contributed by atoms with van der Waals surface area (Å²) in [5, 5.41) is 9.20. The molecule has 0 spiro atoms. The molecule has 4 heteroatoms. The van der Waals surface area contributed by atoms with Gasteiger partial charge < -0.3 is 14.7 Å². The van der Waals surface area contributed by atoms with Crippen LogP contribution >= 0.6 is 0 Å². The first-order valence-electron chi connectivity index (χ1n) is 6.60. The van der Waals surface area contributed by atoms with Crippen LogP contribution in [0.4, 0.5) is 5.69 Å².